The second kappa shape index (κ2) is 9.06. The van der Waals surface area contributed by atoms with Crippen LogP contribution in [-0.2, 0) is 19.2 Å². The van der Waals surface area contributed by atoms with Crippen LogP contribution in [0, 0.1) is 0 Å². The number of amides is 3. The Morgan fingerprint density at radius 2 is 1.13 bits per heavy atom. The van der Waals surface area contributed by atoms with E-state index in [1.54, 1.807) is 0 Å². The lowest BCUT2D eigenvalue weighted by Crippen LogP contribution is -2.56. The van der Waals surface area contributed by atoms with E-state index in [0.717, 1.165) is 0 Å². The summed E-state index contributed by atoms with van der Waals surface area (Å²) in [7, 11) is 0. The number of nitrogens with one attached hydrogen (secondary N) is 3. The number of hydrogen-bond donors (Lipinski definition) is 6. The quantitative estimate of drug-likeness (QED) is 0.280. The molecule has 0 aromatic rings. The van der Waals surface area contributed by atoms with Crippen molar-refractivity contribution in [2.75, 3.05) is 0 Å². The molecule has 0 fully saturated rings. The second-order valence-corrected chi connectivity index (χ2v) is 5.30. The average molecular weight is 332 g/mol. The monoisotopic (exact) mass is 332 g/mol. The van der Waals surface area contributed by atoms with Gasteiger partial charge in [0.25, 0.3) is 0 Å². The first-order valence-corrected chi connectivity index (χ1v) is 7.05. The summed E-state index contributed by atoms with van der Waals surface area (Å²) < 4.78 is 0. The van der Waals surface area contributed by atoms with Crippen LogP contribution in [0.4, 0.5) is 0 Å². The molecule has 0 saturated heterocycles. The van der Waals surface area contributed by atoms with Crippen molar-refractivity contribution in [1.82, 2.24) is 16.0 Å². The van der Waals surface area contributed by atoms with Gasteiger partial charge in [-0.15, -0.1) is 0 Å². The van der Waals surface area contributed by atoms with Crippen molar-refractivity contribution in [3.8, 4) is 0 Å². The summed E-state index contributed by atoms with van der Waals surface area (Å²) in [6.45, 7) is 5.38. The number of nitrogens with two attached hydrogens (primary N) is 1. The molecule has 7 N–H and O–H groups in total. The Morgan fingerprint density at radius 1 is 0.783 bits per heavy atom. The summed E-state index contributed by atoms with van der Waals surface area (Å²) in [5, 5.41) is 24.7. The first kappa shape index (κ1) is 20.8. The third kappa shape index (κ3) is 7.06. The van der Waals surface area contributed by atoms with E-state index in [9.17, 15) is 24.3 Å². The highest BCUT2D eigenvalue weighted by atomic mass is 16.4. The summed E-state index contributed by atoms with van der Waals surface area (Å²) in [5.41, 5.74) is 5.43. The van der Waals surface area contributed by atoms with Gasteiger partial charge in [-0.25, -0.2) is 0 Å². The van der Waals surface area contributed by atoms with Gasteiger partial charge in [-0.05, 0) is 27.7 Å². The zero-order valence-electron chi connectivity index (χ0n) is 13.5. The Labute approximate surface area is 133 Å². The van der Waals surface area contributed by atoms with E-state index >= 15 is 0 Å². The molecule has 3 amide bonds. The van der Waals surface area contributed by atoms with Crippen LogP contribution in [-0.4, -0.2) is 64.2 Å². The maximum atomic E-state index is 11.9. The van der Waals surface area contributed by atoms with E-state index in [1.165, 1.54) is 27.7 Å². The van der Waals surface area contributed by atoms with Crippen LogP contribution in [0.2, 0.25) is 0 Å². The summed E-state index contributed by atoms with van der Waals surface area (Å²) in [4.78, 5) is 45.9. The molecular weight excluding hydrogens is 308 g/mol. The molecule has 0 heterocycles. The van der Waals surface area contributed by atoms with Gasteiger partial charge >= 0.3 is 5.97 Å². The minimum Gasteiger partial charge on any atom is -0.480 e. The van der Waals surface area contributed by atoms with Crippen LogP contribution in [0.25, 0.3) is 0 Å². The smallest absolute Gasteiger partial charge is 0.325 e. The standard InChI is InChI=1S/C13H24N4O6/c1-5(11(20)17-7(3)13(22)23)15-10(19)6(2)16-12(21)9(14)8(4)18/h5-9,18H,14H2,1-4H3,(H,15,19)(H,16,21)(H,17,20)(H,22,23). The third-order valence-electron chi connectivity index (χ3n) is 3.06. The number of hydrogen-bond acceptors (Lipinski definition) is 6. The van der Waals surface area contributed by atoms with Crippen LogP contribution in [0.1, 0.15) is 27.7 Å². The lowest BCUT2D eigenvalue weighted by Gasteiger charge is -2.21. The Morgan fingerprint density at radius 3 is 1.48 bits per heavy atom. The van der Waals surface area contributed by atoms with Crippen molar-refractivity contribution < 1.29 is 29.4 Å². The van der Waals surface area contributed by atoms with Gasteiger partial charge in [0.05, 0.1) is 6.10 Å². The van der Waals surface area contributed by atoms with Crippen molar-refractivity contribution in [3.05, 3.63) is 0 Å². The van der Waals surface area contributed by atoms with E-state index in [2.05, 4.69) is 16.0 Å². The highest BCUT2D eigenvalue weighted by Crippen LogP contribution is 1.93. The topological polar surface area (TPSA) is 171 Å². The van der Waals surface area contributed by atoms with Crippen LogP contribution >= 0.6 is 0 Å². The molecule has 0 aliphatic carbocycles. The van der Waals surface area contributed by atoms with Gasteiger partial charge in [-0.3, -0.25) is 19.2 Å². The van der Waals surface area contributed by atoms with E-state index < -0.39 is 54.0 Å². The molecular formula is C13H24N4O6. The fraction of sp³-hybridized carbons (Fsp3) is 0.692. The third-order valence-corrected chi connectivity index (χ3v) is 3.06. The molecule has 132 valence electrons. The summed E-state index contributed by atoms with van der Waals surface area (Å²) in [6.07, 6.45) is -1.08. The van der Waals surface area contributed by atoms with Crippen molar-refractivity contribution in [2.45, 2.75) is 58.0 Å². The van der Waals surface area contributed by atoms with Gasteiger partial charge < -0.3 is 31.9 Å². The maximum Gasteiger partial charge on any atom is 0.325 e. The van der Waals surface area contributed by atoms with Gasteiger partial charge in [0.1, 0.15) is 24.2 Å². The van der Waals surface area contributed by atoms with Crippen molar-refractivity contribution >= 4 is 23.7 Å². The van der Waals surface area contributed by atoms with Gasteiger partial charge in [0, 0.05) is 0 Å². The minimum absolute atomic E-state index is 0.651. The van der Waals surface area contributed by atoms with Crippen LogP contribution in [0.3, 0.4) is 0 Å². The highest BCUT2D eigenvalue weighted by molar-refractivity contribution is 5.93. The maximum absolute atomic E-state index is 11.9. The first-order valence-electron chi connectivity index (χ1n) is 7.05. The Kier molecular flexibility index (Phi) is 8.19. The lowest BCUT2D eigenvalue weighted by atomic mass is 10.1. The molecule has 0 spiro atoms. The minimum atomic E-state index is -1.20. The molecule has 0 aliphatic heterocycles. The molecule has 0 aromatic heterocycles. The number of aliphatic hydroxyl groups is 1. The van der Waals surface area contributed by atoms with E-state index in [-0.39, 0.29) is 0 Å². The number of aliphatic hydroxyl groups excluding tert-OH is 1. The molecule has 0 saturated carbocycles. The molecule has 0 rings (SSSR count). The number of carbonyl (C=O) groups is 4. The van der Waals surface area contributed by atoms with E-state index in [1.807, 2.05) is 0 Å². The van der Waals surface area contributed by atoms with E-state index in [0.29, 0.717) is 0 Å². The van der Waals surface area contributed by atoms with Gasteiger partial charge in [-0.2, -0.15) is 0 Å². The predicted molar refractivity (Wildman–Crippen MR) is 80.1 cm³/mol. The molecule has 23 heavy (non-hydrogen) atoms. The lowest BCUT2D eigenvalue weighted by molar-refractivity contribution is -0.141. The molecule has 0 bridgehead atoms. The van der Waals surface area contributed by atoms with Crippen molar-refractivity contribution in [2.24, 2.45) is 5.73 Å². The van der Waals surface area contributed by atoms with Crippen molar-refractivity contribution in [1.29, 1.82) is 0 Å². The van der Waals surface area contributed by atoms with Crippen LogP contribution < -0.4 is 21.7 Å². The van der Waals surface area contributed by atoms with Gasteiger partial charge in [0.2, 0.25) is 17.7 Å². The number of carbonyl (C=O) groups excluding carboxylic acids is 3. The summed E-state index contributed by atoms with van der Waals surface area (Å²) in [6, 6.07) is -4.25. The molecule has 10 nitrogen and oxygen atoms in total. The number of rotatable bonds is 8. The number of carboxylic acids is 1. The van der Waals surface area contributed by atoms with E-state index in [4.69, 9.17) is 10.8 Å². The average Bonchev–Trinajstić information content (AvgIpc) is 2.45. The first-order chi connectivity index (χ1) is 10.5. The van der Waals surface area contributed by atoms with Crippen LogP contribution in [0.15, 0.2) is 0 Å². The zero-order chi connectivity index (χ0) is 18.3. The zero-order valence-corrected chi connectivity index (χ0v) is 13.5. The number of carboxylic acid groups (broad SMARTS) is 1. The molecule has 0 aliphatic rings. The fourth-order valence-corrected chi connectivity index (χ4v) is 1.40. The summed E-state index contributed by atoms with van der Waals surface area (Å²) >= 11 is 0. The van der Waals surface area contributed by atoms with Gasteiger partial charge in [0.15, 0.2) is 0 Å². The molecule has 5 atom stereocenters. The number of aliphatic carboxylic acids is 1. The molecule has 10 heteroatoms. The Hall–Kier alpha value is -2.20. The predicted octanol–water partition coefficient (Wildman–Crippen LogP) is -2.71. The SMILES string of the molecule is CC(NC(=O)C(C)NC(=O)C(C)NC(=O)C(N)C(C)O)C(=O)O. The molecule has 5 unspecified atom stereocenters. The highest BCUT2D eigenvalue weighted by Gasteiger charge is 2.25. The molecule has 0 radical (unpaired) electrons. The van der Waals surface area contributed by atoms with Crippen LogP contribution in [0.5, 0.6) is 0 Å². The van der Waals surface area contributed by atoms with Gasteiger partial charge in [-0.1, -0.05) is 0 Å². The Bertz CT molecular complexity index is 467. The van der Waals surface area contributed by atoms with Crippen molar-refractivity contribution in [3.63, 3.8) is 0 Å². The normalized spacial score (nSPS) is 17.1. The Balaban J connectivity index is 4.48. The second-order valence-electron chi connectivity index (χ2n) is 5.30. The largest absolute Gasteiger partial charge is 0.480 e. The fourth-order valence-electron chi connectivity index (χ4n) is 1.40. The summed E-state index contributed by atoms with van der Waals surface area (Å²) in [5.74, 6) is -3.24. The molecule has 0 aromatic carbocycles.